The van der Waals surface area contributed by atoms with Gasteiger partial charge in [-0.25, -0.2) is 9.78 Å². The Kier molecular flexibility index (Phi) is 5.42. The van der Waals surface area contributed by atoms with Crippen LogP contribution >= 0.6 is 11.3 Å². The fraction of sp³-hybridized carbons (Fsp3) is 0.200. The highest BCUT2D eigenvalue weighted by atomic mass is 32.1. The minimum Gasteiger partial charge on any atom is -0.545 e. The maximum absolute atomic E-state index is 11.7. The molecule has 0 radical (unpaired) electrons. The van der Waals surface area contributed by atoms with Crippen LogP contribution in [0.3, 0.4) is 0 Å². The van der Waals surface area contributed by atoms with Crippen molar-refractivity contribution in [2.24, 2.45) is 5.10 Å². The normalized spacial score (nSPS) is 10.7. The first-order chi connectivity index (χ1) is 11.0. The Morgan fingerprint density at radius 3 is 2.70 bits per heavy atom. The molecule has 120 valence electrons. The molecule has 0 spiro atoms. The molecule has 2 aromatic rings. The lowest BCUT2D eigenvalue weighted by Gasteiger charge is -2.01. The number of rotatable bonds is 6. The quantitative estimate of drug-likeness (QED) is 0.488. The summed E-state index contributed by atoms with van der Waals surface area (Å²) in [4.78, 5) is 27.0. The summed E-state index contributed by atoms with van der Waals surface area (Å²) < 4.78 is 4.94. The number of carbonyl (C=O) groups excluding carboxylic acids is 2. The number of carboxylic acid groups (broad SMARTS) is 1. The summed E-state index contributed by atoms with van der Waals surface area (Å²) in [5.41, 5.74) is 4.11. The van der Waals surface area contributed by atoms with E-state index in [1.165, 1.54) is 18.3 Å². The molecule has 0 bridgehead atoms. The molecule has 23 heavy (non-hydrogen) atoms. The molecular formula is C15H14N3O4S-. The number of anilines is 1. The van der Waals surface area contributed by atoms with E-state index in [0.29, 0.717) is 27.9 Å². The van der Waals surface area contributed by atoms with Gasteiger partial charge in [0.1, 0.15) is 4.88 Å². The molecular weight excluding hydrogens is 318 g/mol. The number of nitrogens with zero attached hydrogens (tertiary/aromatic N) is 2. The zero-order valence-electron chi connectivity index (χ0n) is 12.5. The number of aryl methyl sites for hydroxylation is 1. The van der Waals surface area contributed by atoms with Gasteiger partial charge in [-0.2, -0.15) is 5.10 Å². The number of aromatic carboxylic acids is 1. The second-order valence-corrected chi connectivity index (χ2v) is 5.43. The van der Waals surface area contributed by atoms with Crippen molar-refractivity contribution in [3.63, 3.8) is 0 Å². The van der Waals surface area contributed by atoms with Crippen molar-refractivity contribution in [2.75, 3.05) is 12.0 Å². The van der Waals surface area contributed by atoms with Gasteiger partial charge in [0, 0.05) is 0 Å². The number of hydrazone groups is 1. The van der Waals surface area contributed by atoms with Gasteiger partial charge >= 0.3 is 5.97 Å². The lowest BCUT2D eigenvalue weighted by atomic mass is 10.1. The average Bonchev–Trinajstić information content (AvgIpc) is 2.89. The van der Waals surface area contributed by atoms with Gasteiger partial charge in [-0.1, -0.05) is 35.6 Å². The number of carbonyl (C=O) groups is 2. The van der Waals surface area contributed by atoms with Crippen LogP contribution in [0.5, 0.6) is 0 Å². The number of hydrogen-bond acceptors (Lipinski definition) is 8. The third-order valence-corrected chi connectivity index (χ3v) is 3.82. The van der Waals surface area contributed by atoms with Crippen LogP contribution in [0.1, 0.15) is 38.2 Å². The van der Waals surface area contributed by atoms with Crippen LogP contribution in [0, 0.1) is 6.92 Å². The number of esters is 1. The predicted octanol–water partition coefficient (Wildman–Crippen LogP) is 1.44. The van der Waals surface area contributed by atoms with Gasteiger partial charge in [0.25, 0.3) is 0 Å². The van der Waals surface area contributed by atoms with Gasteiger partial charge in [-0.15, -0.1) is 0 Å². The van der Waals surface area contributed by atoms with Crippen LogP contribution in [-0.2, 0) is 4.74 Å². The molecule has 0 amide bonds. The van der Waals surface area contributed by atoms with Gasteiger partial charge < -0.3 is 14.6 Å². The Morgan fingerprint density at radius 1 is 1.39 bits per heavy atom. The van der Waals surface area contributed by atoms with Crippen molar-refractivity contribution in [2.45, 2.75) is 13.8 Å². The minimum atomic E-state index is -1.23. The molecule has 0 unspecified atom stereocenters. The van der Waals surface area contributed by atoms with Gasteiger partial charge in [-0.3, -0.25) is 5.43 Å². The van der Waals surface area contributed by atoms with E-state index in [9.17, 15) is 14.7 Å². The third kappa shape index (κ3) is 4.36. The van der Waals surface area contributed by atoms with E-state index in [2.05, 4.69) is 15.5 Å². The molecule has 0 saturated heterocycles. The standard InChI is InChI=1S/C15H15N3O4S/c1-3-22-14(21)12-9(2)17-15(23-12)18-16-8-10-4-6-11(7-5-10)13(19)20/h4-8H,3H2,1-2H3,(H,17,18)(H,19,20)/p-1/b16-8-. The number of ether oxygens (including phenoxy) is 1. The molecule has 0 saturated carbocycles. The van der Waals surface area contributed by atoms with Crippen molar-refractivity contribution in [1.29, 1.82) is 0 Å². The first-order valence-electron chi connectivity index (χ1n) is 6.76. The number of hydrogen-bond donors (Lipinski definition) is 1. The average molecular weight is 332 g/mol. The minimum absolute atomic E-state index is 0.102. The zero-order chi connectivity index (χ0) is 16.8. The highest BCUT2D eigenvalue weighted by Crippen LogP contribution is 2.23. The van der Waals surface area contributed by atoms with E-state index < -0.39 is 11.9 Å². The monoisotopic (exact) mass is 332 g/mol. The summed E-state index contributed by atoms with van der Waals surface area (Å²) in [5, 5.41) is 15.1. The maximum atomic E-state index is 11.7. The first-order valence-corrected chi connectivity index (χ1v) is 7.58. The van der Waals surface area contributed by atoms with Crippen molar-refractivity contribution in [3.8, 4) is 0 Å². The van der Waals surface area contributed by atoms with E-state index >= 15 is 0 Å². The van der Waals surface area contributed by atoms with E-state index in [-0.39, 0.29) is 5.56 Å². The van der Waals surface area contributed by atoms with Crippen molar-refractivity contribution < 1.29 is 19.4 Å². The topological polar surface area (TPSA) is 104 Å². The lowest BCUT2D eigenvalue weighted by Crippen LogP contribution is -2.21. The summed E-state index contributed by atoms with van der Waals surface area (Å²) in [5.74, 6) is -1.63. The summed E-state index contributed by atoms with van der Waals surface area (Å²) in [7, 11) is 0. The molecule has 0 atom stereocenters. The molecule has 1 aromatic carbocycles. The molecule has 0 aliphatic rings. The lowest BCUT2D eigenvalue weighted by molar-refractivity contribution is -0.255. The fourth-order valence-corrected chi connectivity index (χ4v) is 2.51. The van der Waals surface area contributed by atoms with E-state index in [0.717, 1.165) is 11.3 Å². The van der Waals surface area contributed by atoms with Crippen LogP contribution in [0.25, 0.3) is 0 Å². The van der Waals surface area contributed by atoms with Crippen LogP contribution < -0.4 is 10.5 Å². The molecule has 2 rings (SSSR count). The van der Waals surface area contributed by atoms with Gasteiger partial charge in [0.05, 0.1) is 24.5 Å². The number of carboxylic acids is 1. The SMILES string of the molecule is CCOC(=O)c1sc(N/N=C\c2ccc(C(=O)[O-])cc2)nc1C. The molecule has 1 N–H and O–H groups in total. The van der Waals surface area contributed by atoms with E-state index in [4.69, 9.17) is 4.74 Å². The number of nitrogens with one attached hydrogen (secondary N) is 1. The third-order valence-electron chi connectivity index (χ3n) is 2.78. The Hall–Kier alpha value is -2.74. The Bertz CT molecular complexity index is 738. The van der Waals surface area contributed by atoms with Gasteiger partial charge in [0.15, 0.2) is 0 Å². The Morgan fingerprint density at radius 2 is 2.09 bits per heavy atom. The fourth-order valence-electron chi connectivity index (χ4n) is 1.70. The molecule has 0 aliphatic heterocycles. The molecule has 0 aliphatic carbocycles. The Balaban J connectivity index is 2.01. The second-order valence-electron chi connectivity index (χ2n) is 4.43. The van der Waals surface area contributed by atoms with Crippen LogP contribution in [0.15, 0.2) is 29.4 Å². The van der Waals surface area contributed by atoms with Crippen LogP contribution in [0.2, 0.25) is 0 Å². The van der Waals surface area contributed by atoms with Crippen molar-refractivity contribution in [1.82, 2.24) is 4.98 Å². The molecule has 7 nitrogen and oxygen atoms in total. The second kappa shape index (κ2) is 7.50. The van der Waals surface area contributed by atoms with Crippen LogP contribution in [0.4, 0.5) is 5.13 Å². The highest BCUT2D eigenvalue weighted by molar-refractivity contribution is 7.17. The number of aromatic nitrogens is 1. The van der Waals surface area contributed by atoms with Gasteiger partial charge in [-0.05, 0) is 25.0 Å². The summed E-state index contributed by atoms with van der Waals surface area (Å²) in [6.45, 7) is 3.76. The first kappa shape index (κ1) is 16.6. The molecule has 8 heteroatoms. The van der Waals surface area contributed by atoms with E-state index in [1.54, 1.807) is 26.0 Å². The van der Waals surface area contributed by atoms with Gasteiger partial charge in [0.2, 0.25) is 5.13 Å². The predicted molar refractivity (Wildman–Crippen MR) is 84.8 cm³/mol. The number of benzene rings is 1. The van der Waals surface area contributed by atoms with Crippen LogP contribution in [-0.4, -0.2) is 29.7 Å². The number of thiazole rings is 1. The smallest absolute Gasteiger partial charge is 0.350 e. The highest BCUT2D eigenvalue weighted by Gasteiger charge is 2.15. The molecule has 1 heterocycles. The Labute approximate surface area is 136 Å². The summed E-state index contributed by atoms with van der Waals surface area (Å²) >= 11 is 1.15. The summed E-state index contributed by atoms with van der Waals surface area (Å²) in [6.07, 6.45) is 1.51. The molecule has 1 aromatic heterocycles. The molecule has 0 fully saturated rings. The summed E-state index contributed by atoms with van der Waals surface area (Å²) in [6, 6.07) is 6.08. The van der Waals surface area contributed by atoms with E-state index in [1.807, 2.05) is 0 Å². The van der Waals surface area contributed by atoms with Crippen molar-refractivity contribution in [3.05, 3.63) is 46.0 Å². The largest absolute Gasteiger partial charge is 0.545 e. The van der Waals surface area contributed by atoms with Crippen molar-refractivity contribution >= 4 is 34.6 Å². The zero-order valence-corrected chi connectivity index (χ0v) is 13.3. The maximum Gasteiger partial charge on any atom is 0.350 e.